The van der Waals surface area contributed by atoms with Crippen LogP contribution in [0.1, 0.15) is 44.9 Å². The van der Waals surface area contributed by atoms with Crippen LogP contribution in [0, 0.1) is 12.8 Å². The van der Waals surface area contributed by atoms with E-state index in [-0.39, 0.29) is 11.8 Å². The zero-order chi connectivity index (χ0) is 19.2. The minimum Gasteiger partial charge on any atom is -0.359 e. The molecule has 0 bridgehead atoms. The molecule has 2 aromatic rings. The van der Waals surface area contributed by atoms with Gasteiger partial charge in [0.25, 0.3) is 5.91 Å². The van der Waals surface area contributed by atoms with Crippen molar-refractivity contribution in [3.05, 3.63) is 57.3 Å². The molecule has 0 saturated carbocycles. The standard InChI is InChI=1S/C22H28N2O2S/c1-16-3-9-20(27-16)22(26)24-13-11-19(12-14-24)15-18-6-4-17(5-7-18)8-10-21(25)23-2/h3-7,9,19H,8,10-15H2,1-2H3,(H,23,25). The van der Waals surface area contributed by atoms with E-state index in [1.807, 2.05) is 24.0 Å². The van der Waals surface area contributed by atoms with Crippen molar-refractivity contribution >= 4 is 23.2 Å². The molecule has 1 aromatic heterocycles. The molecule has 0 aliphatic carbocycles. The Hall–Kier alpha value is -2.14. The summed E-state index contributed by atoms with van der Waals surface area (Å²) in [5.41, 5.74) is 2.55. The number of nitrogens with zero attached hydrogens (tertiary/aromatic N) is 1. The van der Waals surface area contributed by atoms with E-state index < -0.39 is 0 Å². The maximum Gasteiger partial charge on any atom is 0.263 e. The second-order valence-electron chi connectivity index (χ2n) is 7.34. The Kier molecular flexibility index (Phi) is 6.67. The Balaban J connectivity index is 1.46. The van der Waals surface area contributed by atoms with Crippen LogP contribution in [0.5, 0.6) is 0 Å². The van der Waals surface area contributed by atoms with Crippen molar-refractivity contribution in [3.63, 3.8) is 0 Å². The van der Waals surface area contributed by atoms with Gasteiger partial charge < -0.3 is 10.2 Å². The van der Waals surface area contributed by atoms with Gasteiger partial charge in [0.15, 0.2) is 0 Å². The molecule has 3 rings (SSSR count). The first-order valence-corrected chi connectivity index (χ1v) is 10.5. The number of piperidine rings is 1. The molecule has 2 heterocycles. The van der Waals surface area contributed by atoms with Crippen molar-refractivity contribution in [2.24, 2.45) is 5.92 Å². The third-order valence-electron chi connectivity index (χ3n) is 5.32. The topological polar surface area (TPSA) is 49.4 Å². The smallest absolute Gasteiger partial charge is 0.263 e. The van der Waals surface area contributed by atoms with E-state index in [1.54, 1.807) is 18.4 Å². The van der Waals surface area contributed by atoms with Crippen molar-refractivity contribution in [2.75, 3.05) is 20.1 Å². The summed E-state index contributed by atoms with van der Waals surface area (Å²) >= 11 is 1.59. The Labute approximate surface area is 165 Å². The van der Waals surface area contributed by atoms with E-state index in [0.717, 1.165) is 43.6 Å². The predicted octanol–water partition coefficient (Wildman–Crippen LogP) is 3.83. The average molecular weight is 385 g/mol. The zero-order valence-corrected chi connectivity index (χ0v) is 17.0. The first kappa shape index (κ1) is 19.6. The number of carbonyl (C=O) groups is 2. The maximum atomic E-state index is 12.6. The van der Waals surface area contributed by atoms with E-state index in [0.29, 0.717) is 12.3 Å². The van der Waals surface area contributed by atoms with E-state index in [2.05, 4.69) is 29.6 Å². The van der Waals surface area contributed by atoms with Gasteiger partial charge in [-0.25, -0.2) is 0 Å². The second-order valence-corrected chi connectivity index (χ2v) is 8.63. The van der Waals surface area contributed by atoms with Crippen molar-refractivity contribution in [2.45, 2.75) is 39.0 Å². The summed E-state index contributed by atoms with van der Waals surface area (Å²) in [6, 6.07) is 12.6. The molecule has 1 N–H and O–H groups in total. The zero-order valence-electron chi connectivity index (χ0n) is 16.2. The number of carbonyl (C=O) groups excluding carboxylic acids is 2. The number of hydrogen-bond donors (Lipinski definition) is 1. The van der Waals surface area contributed by atoms with Crippen LogP contribution in [0.2, 0.25) is 0 Å². The molecular weight excluding hydrogens is 356 g/mol. The fourth-order valence-corrected chi connectivity index (χ4v) is 4.44. The van der Waals surface area contributed by atoms with Crippen molar-refractivity contribution in [1.82, 2.24) is 10.2 Å². The Morgan fingerprint density at radius 3 is 2.33 bits per heavy atom. The molecule has 1 fully saturated rings. The van der Waals surface area contributed by atoms with Gasteiger partial charge in [-0.3, -0.25) is 9.59 Å². The van der Waals surface area contributed by atoms with Crippen LogP contribution in [0.4, 0.5) is 0 Å². The van der Waals surface area contributed by atoms with Gasteiger partial charge in [0, 0.05) is 31.4 Å². The van der Waals surface area contributed by atoms with Crippen LogP contribution >= 0.6 is 11.3 Å². The average Bonchev–Trinajstić information content (AvgIpc) is 3.13. The van der Waals surface area contributed by atoms with E-state index in [1.165, 1.54) is 16.0 Å². The summed E-state index contributed by atoms with van der Waals surface area (Å²) in [7, 11) is 1.67. The minimum atomic E-state index is 0.0816. The highest BCUT2D eigenvalue weighted by molar-refractivity contribution is 7.13. The molecule has 27 heavy (non-hydrogen) atoms. The van der Waals surface area contributed by atoms with Gasteiger partial charge in [-0.15, -0.1) is 11.3 Å². The lowest BCUT2D eigenvalue weighted by Crippen LogP contribution is -2.38. The van der Waals surface area contributed by atoms with Gasteiger partial charge in [0.2, 0.25) is 5.91 Å². The predicted molar refractivity (Wildman–Crippen MR) is 110 cm³/mol. The third kappa shape index (κ3) is 5.42. The fourth-order valence-electron chi connectivity index (χ4n) is 3.60. The monoisotopic (exact) mass is 384 g/mol. The highest BCUT2D eigenvalue weighted by atomic mass is 32.1. The number of likely N-dealkylation sites (tertiary alicyclic amines) is 1. The van der Waals surface area contributed by atoms with Gasteiger partial charge in [-0.1, -0.05) is 24.3 Å². The van der Waals surface area contributed by atoms with Crippen LogP contribution in [-0.4, -0.2) is 36.9 Å². The van der Waals surface area contributed by atoms with Gasteiger partial charge in [0.05, 0.1) is 4.88 Å². The Morgan fingerprint density at radius 2 is 1.74 bits per heavy atom. The number of benzene rings is 1. The third-order valence-corrected chi connectivity index (χ3v) is 6.31. The number of aryl methyl sites for hydroxylation is 2. The lowest BCUT2D eigenvalue weighted by molar-refractivity contribution is -0.120. The molecule has 0 atom stereocenters. The van der Waals surface area contributed by atoms with Crippen LogP contribution in [0.3, 0.4) is 0 Å². The number of rotatable bonds is 6. The van der Waals surface area contributed by atoms with E-state index in [4.69, 9.17) is 0 Å². The summed E-state index contributed by atoms with van der Waals surface area (Å²) in [6.07, 6.45) is 4.51. The molecule has 5 heteroatoms. The first-order valence-electron chi connectivity index (χ1n) is 9.69. The number of hydrogen-bond acceptors (Lipinski definition) is 3. The minimum absolute atomic E-state index is 0.0816. The molecule has 0 radical (unpaired) electrons. The van der Waals surface area contributed by atoms with Crippen molar-refractivity contribution < 1.29 is 9.59 Å². The van der Waals surface area contributed by atoms with Crippen molar-refractivity contribution in [1.29, 1.82) is 0 Å². The quantitative estimate of drug-likeness (QED) is 0.823. The summed E-state index contributed by atoms with van der Waals surface area (Å²) in [4.78, 5) is 27.9. The van der Waals surface area contributed by atoms with Crippen LogP contribution in [0.15, 0.2) is 36.4 Å². The van der Waals surface area contributed by atoms with Gasteiger partial charge in [-0.2, -0.15) is 0 Å². The molecule has 1 aliphatic heterocycles. The summed E-state index contributed by atoms with van der Waals surface area (Å²) < 4.78 is 0. The highest BCUT2D eigenvalue weighted by Crippen LogP contribution is 2.25. The molecule has 1 aromatic carbocycles. The molecule has 2 amide bonds. The summed E-state index contributed by atoms with van der Waals surface area (Å²) in [5.74, 6) is 0.904. The van der Waals surface area contributed by atoms with Crippen molar-refractivity contribution in [3.8, 4) is 0 Å². The van der Waals surface area contributed by atoms with E-state index >= 15 is 0 Å². The number of thiophene rings is 1. The fraction of sp³-hybridized carbons (Fsp3) is 0.455. The van der Waals surface area contributed by atoms with Crippen LogP contribution < -0.4 is 5.32 Å². The molecule has 4 nitrogen and oxygen atoms in total. The SMILES string of the molecule is CNC(=O)CCc1ccc(CC2CCN(C(=O)c3ccc(C)s3)CC2)cc1. The highest BCUT2D eigenvalue weighted by Gasteiger charge is 2.24. The second kappa shape index (κ2) is 9.18. The Morgan fingerprint density at radius 1 is 1.07 bits per heavy atom. The molecule has 1 saturated heterocycles. The van der Waals surface area contributed by atoms with Gasteiger partial charge in [-0.05, 0) is 61.8 Å². The van der Waals surface area contributed by atoms with E-state index in [9.17, 15) is 9.59 Å². The first-order chi connectivity index (χ1) is 13.0. The molecule has 144 valence electrons. The lowest BCUT2D eigenvalue weighted by Gasteiger charge is -2.32. The molecule has 0 spiro atoms. The normalized spacial score (nSPS) is 15.0. The Bertz CT molecular complexity index is 774. The summed E-state index contributed by atoms with van der Waals surface area (Å²) in [6.45, 7) is 3.74. The van der Waals surface area contributed by atoms with Gasteiger partial charge in [0.1, 0.15) is 0 Å². The van der Waals surface area contributed by atoms with Gasteiger partial charge >= 0.3 is 0 Å². The number of amides is 2. The molecule has 1 aliphatic rings. The molecular formula is C22H28N2O2S. The largest absolute Gasteiger partial charge is 0.359 e. The van der Waals surface area contributed by atoms with Crippen LogP contribution in [0.25, 0.3) is 0 Å². The lowest BCUT2D eigenvalue weighted by atomic mass is 9.89. The maximum absolute atomic E-state index is 12.6. The molecule has 0 unspecified atom stereocenters. The van der Waals surface area contributed by atoms with Crippen LogP contribution in [-0.2, 0) is 17.6 Å². The number of nitrogens with one attached hydrogen (secondary N) is 1. The summed E-state index contributed by atoms with van der Waals surface area (Å²) in [5, 5.41) is 2.66.